The van der Waals surface area contributed by atoms with Crippen LogP contribution in [0.15, 0.2) is 36.2 Å². The van der Waals surface area contributed by atoms with Crippen LogP contribution in [0.1, 0.15) is 12.5 Å². The number of rotatable bonds is 4. The van der Waals surface area contributed by atoms with Gasteiger partial charge in [0.2, 0.25) is 0 Å². The highest BCUT2D eigenvalue weighted by atomic mass is 19.1. The number of halogens is 1. The highest BCUT2D eigenvalue weighted by Gasteiger charge is 2.20. The fourth-order valence-electron chi connectivity index (χ4n) is 2.01. The molecule has 0 amide bonds. The third-order valence-corrected chi connectivity index (χ3v) is 2.94. The minimum atomic E-state index is -0.224. The van der Waals surface area contributed by atoms with Crippen molar-refractivity contribution >= 4 is 6.29 Å². The lowest BCUT2D eigenvalue weighted by atomic mass is 10.1. The fourth-order valence-corrected chi connectivity index (χ4v) is 2.01. The number of carbonyl (C=O) groups is 1. The first-order chi connectivity index (χ1) is 8.20. The summed E-state index contributed by atoms with van der Waals surface area (Å²) < 4.78 is 12.8. The first-order valence-corrected chi connectivity index (χ1v) is 5.60. The number of nitrogens with one attached hydrogen (secondary N) is 1. The molecule has 0 bridgehead atoms. The Labute approximate surface area is 99.9 Å². The van der Waals surface area contributed by atoms with E-state index < -0.39 is 0 Å². The van der Waals surface area contributed by atoms with E-state index >= 15 is 0 Å². The molecule has 0 fully saturated rings. The van der Waals surface area contributed by atoms with Crippen molar-refractivity contribution in [3.8, 4) is 0 Å². The van der Waals surface area contributed by atoms with Gasteiger partial charge in [0.05, 0.1) is 12.4 Å². The summed E-state index contributed by atoms with van der Waals surface area (Å²) in [4.78, 5) is 12.8. The number of carbonyl (C=O) groups excluding carboxylic acids is 1. The van der Waals surface area contributed by atoms with Crippen LogP contribution in [-0.2, 0) is 11.2 Å². The van der Waals surface area contributed by atoms with Crippen LogP contribution in [-0.4, -0.2) is 23.9 Å². The number of hydrogen-bond donors (Lipinski definition) is 1. The van der Waals surface area contributed by atoms with Gasteiger partial charge in [-0.2, -0.15) is 0 Å². The van der Waals surface area contributed by atoms with Gasteiger partial charge < -0.3 is 10.2 Å². The summed E-state index contributed by atoms with van der Waals surface area (Å²) in [5, 5.41) is 3.02. The van der Waals surface area contributed by atoms with Crippen LogP contribution in [0.5, 0.6) is 0 Å². The van der Waals surface area contributed by atoms with E-state index in [1.54, 1.807) is 18.3 Å². The summed E-state index contributed by atoms with van der Waals surface area (Å²) in [7, 11) is 0. The normalized spacial score (nSPS) is 16.4. The Hall–Kier alpha value is -1.84. The van der Waals surface area contributed by atoms with Gasteiger partial charge >= 0.3 is 0 Å². The third kappa shape index (κ3) is 2.64. The first-order valence-electron chi connectivity index (χ1n) is 5.60. The zero-order valence-electron chi connectivity index (χ0n) is 9.69. The van der Waals surface area contributed by atoms with Crippen LogP contribution in [0.25, 0.3) is 0 Å². The lowest BCUT2D eigenvalue weighted by molar-refractivity contribution is -0.106. The highest BCUT2D eigenvalue weighted by Crippen LogP contribution is 2.15. The summed E-state index contributed by atoms with van der Waals surface area (Å²) in [5.74, 6) is -0.224. The quantitative estimate of drug-likeness (QED) is 0.804. The van der Waals surface area contributed by atoms with Crippen molar-refractivity contribution in [2.75, 3.05) is 6.67 Å². The molecule has 1 aliphatic rings. The maximum absolute atomic E-state index is 12.8. The van der Waals surface area contributed by atoms with Gasteiger partial charge in [-0.1, -0.05) is 12.1 Å². The fraction of sp³-hybridized carbons (Fsp3) is 0.308. The average molecular weight is 234 g/mol. The highest BCUT2D eigenvalue weighted by molar-refractivity contribution is 5.72. The van der Waals surface area contributed by atoms with Gasteiger partial charge in [0.25, 0.3) is 0 Å². The molecular weight excluding hydrogens is 219 g/mol. The van der Waals surface area contributed by atoms with E-state index in [0.717, 1.165) is 18.3 Å². The Bertz CT molecular complexity index is 428. The van der Waals surface area contributed by atoms with Crippen molar-refractivity contribution in [3.63, 3.8) is 0 Å². The molecule has 17 heavy (non-hydrogen) atoms. The van der Waals surface area contributed by atoms with Crippen molar-refractivity contribution in [1.29, 1.82) is 0 Å². The molecule has 4 heteroatoms. The molecule has 0 radical (unpaired) electrons. The van der Waals surface area contributed by atoms with E-state index in [4.69, 9.17) is 0 Å². The number of allylic oxidation sites excluding steroid dienone is 1. The third-order valence-electron chi connectivity index (χ3n) is 2.94. The van der Waals surface area contributed by atoms with Crippen molar-refractivity contribution in [2.45, 2.75) is 19.4 Å². The zero-order chi connectivity index (χ0) is 12.3. The van der Waals surface area contributed by atoms with E-state index in [1.807, 2.05) is 11.8 Å². The van der Waals surface area contributed by atoms with Gasteiger partial charge in [0, 0.05) is 12.2 Å². The minimum Gasteiger partial charge on any atom is -0.372 e. The Balaban J connectivity index is 2.01. The van der Waals surface area contributed by atoms with Gasteiger partial charge in [-0.25, -0.2) is 4.39 Å². The van der Waals surface area contributed by atoms with Crippen molar-refractivity contribution in [3.05, 3.63) is 47.5 Å². The topological polar surface area (TPSA) is 32.3 Å². The first kappa shape index (κ1) is 11.6. The summed E-state index contributed by atoms with van der Waals surface area (Å²) in [6, 6.07) is 6.67. The number of nitrogens with zero attached hydrogens (tertiary/aromatic N) is 1. The SMILES string of the molecule is CC(Cc1ccc(F)cc1)N1CNC=C1C=O. The predicted octanol–water partition coefficient (Wildman–Crippen LogP) is 1.66. The van der Waals surface area contributed by atoms with E-state index in [1.165, 1.54) is 12.1 Å². The van der Waals surface area contributed by atoms with Crippen LogP contribution in [0, 0.1) is 5.82 Å². The summed E-state index contributed by atoms with van der Waals surface area (Å²) >= 11 is 0. The summed E-state index contributed by atoms with van der Waals surface area (Å²) in [6.45, 7) is 2.70. The summed E-state index contributed by atoms with van der Waals surface area (Å²) in [5.41, 5.74) is 1.73. The molecule has 0 spiro atoms. The predicted molar refractivity (Wildman–Crippen MR) is 63.6 cm³/mol. The smallest absolute Gasteiger partial charge is 0.167 e. The van der Waals surface area contributed by atoms with Crippen LogP contribution in [0.3, 0.4) is 0 Å². The summed E-state index contributed by atoms with van der Waals surface area (Å²) in [6.07, 6.45) is 3.35. The van der Waals surface area contributed by atoms with Gasteiger partial charge in [-0.15, -0.1) is 0 Å². The molecule has 1 aromatic rings. The Morgan fingerprint density at radius 2 is 2.18 bits per heavy atom. The second kappa shape index (κ2) is 4.99. The van der Waals surface area contributed by atoms with E-state index in [9.17, 15) is 9.18 Å². The standard InChI is InChI=1S/C13H15FN2O/c1-10(16-9-15-7-13(16)8-17)6-11-2-4-12(14)5-3-11/h2-5,7-8,10,15H,6,9H2,1H3. The molecule has 1 aliphatic heterocycles. The minimum absolute atomic E-state index is 0.201. The lowest BCUT2D eigenvalue weighted by Crippen LogP contribution is -2.34. The molecule has 1 atom stereocenters. The number of hydrogen-bond acceptors (Lipinski definition) is 3. The Morgan fingerprint density at radius 1 is 1.47 bits per heavy atom. The molecule has 0 saturated carbocycles. The zero-order valence-corrected chi connectivity index (χ0v) is 9.69. The van der Waals surface area contributed by atoms with Crippen LogP contribution in [0.2, 0.25) is 0 Å². The molecular formula is C13H15FN2O. The number of benzene rings is 1. The maximum atomic E-state index is 12.8. The molecule has 1 unspecified atom stereocenters. The van der Waals surface area contributed by atoms with Crippen molar-refractivity contribution in [2.24, 2.45) is 0 Å². The van der Waals surface area contributed by atoms with E-state index in [2.05, 4.69) is 5.32 Å². The Morgan fingerprint density at radius 3 is 2.82 bits per heavy atom. The maximum Gasteiger partial charge on any atom is 0.167 e. The van der Waals surface area contributed by atoms with Gasteiger partial charge in [-0.3, -0.25) is 4.79 Å². The second-order valence-corrected chi connectivity index (χ2v) is 4.20. The van der Waals surface area contributed by atoms with Crippen molar-refractivity contribution < 1.29 is 9.18 Å². The molecule has 1 aromatic carbocycles. The largest absolute Gasteiger partial charge is 0.372 e. The van der Waals surface area contributed by atoms with Crippen LogP contribution >= 0.6 is 0 Å². The molecule has 1 N–H and O–H groups in total. The average Bonchev–Trinajstić information content (AvgIpc) is 2.80. The van der Waals surface area contributed by atoms with E-state index in [-0.39, 0.29) is 11.9 Å². The molecule has 0 aliphatic carbocycles. The molecule has 1 heterocycles. The van der Waals surface area contributed by atoms with Crippen molar-refractivity contribution in [1.82, 2.24) is 10.2 Å². The van der Waals surface area contributed by atoms with Gasteiger partial charge in [0.1, 0.15) is 5.82 Å². The van der Waals surface area contributed by atoms with Gasteiger partial charge in [0.15, 0.2) is 6.29 Å². The molecule has 2 rings (SSSR count). The molecule has 90 valence electrons. The number of aldehydes is 1. The molecule has 0 aromatic heterocycles. The van der Waals surface area contributed by atoms with Gasteiger partial charge in [-0.05, 0) is 31.0 Å². The lowest BCUT2D eigenvalue weighted by Gasteiger charge is -2.26. The molecule has 0 saturated heterocycles. The van der Waals surface area contributed by atoms with Crippen LogP contribution < -0.4 is 5.32 Å². The molecule has 3 nitrogen and oxygen atoms in total. The second-order valence-electron chi connectivity index (χ2n) is 4.20. The Kier molecular flexibility index (Phi) is 3.42. The van der Waals surface area contributed by atoms with Crippen LogP contribution in [0.4, 0.5) is 4.39 Å². The van der Waals surface area contributed by atoms with E-state index in [0.29, 0.717) is 12.4 Å². The monoisotopic (exact) mass is 234 g/mol.